The van der Waals surface area contributed by atoms with Crippen LogP contribution in [0.1, 0.15) is 43.2 Å². The van der Waals surface area contributed by atoms with Gasteiger partial charge in [-0.05, 0) is 49.1 Å². The first kappa shape index (κ1) is 24.2. The van der Waals surface area contributed by atoms with Gasteiger partial charge >= 0.3 is 0 Å². The smallest absolute Gasteiger partial charge is 0.161 e. The van der Waals surface area contributed by atoms with Gasteiger partial charge in [0.15, 0.2) is 11.6 Å². The van der Waals surface area contributed by atoms with E-state index in [4.69, 9.17) is 21.6 Å². The standard InChI is InChI=1S/C28H23ClF3N3O/c29-20-8-9-21(27(11-20)36-16-19-7-6-18(14-33)10-22(19)30)28-34-25-12-23(31)24(32)13-26(25)35(28)15-17-4-2-1-3-5-17/h6-13,17H,1-5,15-16H2. The SMILES string of the molecule is N#Cc1ccc(COc2cc(Cl)ccc2-c2nc3cc(F)c(F)cc3n2CC2CCCCC2)c(F)c1. The second kappa shape index (κ2) is 10.2. The molecule has 4 aromatic rings. The molecule has 0 unspecified atom stereocenters. The van der Waals surface area contributed by atoms with Gasteiger partial charge in [-0.1, -0.05) is 36.9 Å². The maximum atomic E-state index is 14.4. The molecule has 1 aliphatic carbocycles. The quantitative estimate of drug-likeness (QED) is 0.266. The molecule has 4 nitrogen and oxygen atoms in total. The number of hydrogen-bond acceptors (Lipinski definition) is 3. The number of nitriles is 1. The fraction of sp³-hybridized carbons (Fsp3) is 0.286. The van der Waals surface area contributed by atoms with Crippen molar-refractivity contribution in [3.63, 3.8) is 0 Å². The Hall–Kier alpha value is -3.50. The Morgan fingerprint density at radius 1 is 0.972 bits per heavy atom. The van der Waals surface area contributed by atoms with Gasteiger partial charge in [0.25, 0.3) is 0 Å². The third kappa shape index (κ3) is 4.91. The number of fused-ring (bicyclic) bond motifs is 1. The van der Waals surface area contributed by atoms with Gasteiger partial charge in [-0.25, -0.2) is 18.2 Å². The van der Waals surface area contributed by atoms with Gasteiger partial charge in [0, 0.05) is 29.3 Å². The summed E-state index contributed by atoms with van der Waals surface area (Å²) in [5.41, 5.74) is 1.93. The van der Waals surface area contributed by atoms with Crippen LogP contribution in [0.15, 0.2) is 48.5 Å². The summed E-state index contributed by atoms with van der Waals surface area (Å²) in [4.78, 5) is 4.66. The molecule has 0 bridgehead atoms. The van der Waals surface area contributed by atoms with Crippen molar-refractivity contribution in [1.29, 1.82) is 5.26 Å². The van der Waals surface area contributed by atoms with Crippen LogP contribution in [0.4, 0.5) is 13.2 Å². The van der Waals surface area contributed by atoms with Crippen molar-refractivity contribution < 1.29 is 17.9 Å². The van der Waals surface area contributed by atoms with Crippen LogP contribution in [0, 0.1) is 34.7 Å². The highest BCUT2D eigenvalue weighted by Crippen LogP contribution is 2.37. The Labute approximate surface area is 211 Å². The summed E-state index contributed by atoms with van der Waals surface area (Å²) in [5.74, 6) is -1.16. The van der Waals surface area contributed by atoms with Gasteiger partial charge in [-0.2, -0.15) is 5.26 Å². The lowest BCUT2D eigenvalue weighted by molar-refractivity contribution is 0.300. The third-order valence-electron chi connectivity index (χ3n) is 6.71. The lowest BCUT2D eigenvalue weighted by Crippen LogP contribution is -2.15. The summed E-state index contributed by atoms with van der Waals surface area (Å²) < 4.78 is 50.7. The predicted octanol–water partition coefficient (Wildman–Crippen LogP) is 7.80. The molecule has 36 heavy (non-hydrogen) atoms. The zero-order valence-electron chi connectivity index (χ0n) is 19.4. The van der Waals surface area contributed by atoms with Crippen LogP contribution >= 0.6 is 11.6 Å². The van der Waals surface area contributed by atoms with E-state index in [9.17, 15) is 13.2 Å². The summed E-state index contributed by atoms with van der Waals surface area (Å²) >= 11 is 6.26. The molecular weight excluding hydrogens is 487 g/mol. The number of nitrogens with zero attached hydrogens (tertiary/aromatic N) is 3. The summed E-state index contributed by atoms with van der Waals surface area (Å²) in [6.45, 7) is 0.514. The van der Waals surface area contributed by atoms with Gasteiger partial charge in [-0.3, -0.25) is 0 Å². The van der Waals surface area contributed by atoms with Crippen molar-refractivity contribution in [2.24, 2.45) is 5.92 Å². The number of aromatic nitrogens is 2. The first-order valence-electron chi connectivity index (χ1n) is 11.9. The molecule has 0 spiro atoms. The van der Waals surface area contributed by atoms with Gasteiger partial charge in [0.05, 0.1) is 28.2 Å². The van der Waals surface area contributed by atoms with E-state index in [-0.39, 0.29) is 17.7 Å². The van der Waals surface area contributed by atoms with Crippen molar-refractivity contribution in [2.75, 3.05) is 0 Å². The zero-order valence-corrected chi connectivity index (χ0v) is 20.2. The number of imidazole rings is 1. The lowest BCUT2D eigenvalue weighted by Gasteiger charge is -2.23. The molecular formula is C28H23ClF3N3O. The number of benzene rings is 3. The zero-order chi connectivity index (χ0) is 25.2. The maximum Gasteiger partial charge on any atom is 0.161 e. The number of hydrogen-bond donors (Lipinski definition) is 0. The number of halogens is 4. The topological polar surface area (TPSA) is 50.8 Å². The van der Waals surface area contributed by atoms with Gasteiger partial charge in [-0.15, -0.1) is 0 Å². The van der Waals surface area contributed by atoms with Crippen LogP contribution < -0.4 is 4.74 Å². The minimum Gasteiger partial charge on any atom is -0.488 e. The minimum atomic E-state index is -0.958. The van der Waals surface area contributed by atoms with E-state index in [0.29, 0.717) is 45.7 Å². The third-order valence-corrected chi connectivity index (χ3v) is 6.94. The molecule has 0 radical (unpaired) electrons. The van der Waals surface area contributed by atoms with Crippen molar-refractivity contribution in [2.45, 2.75) is 45.3 Å². The number of rotatable bonds is 6. The molecule has 1 fully saturated rings. The van der Waals surface area contributed by atoms with Crippen molar-refractivity contribution in [3.8, 4) is 23.2 Å². The van der Waals surface area contributed by atoms with Crippen LogP contribution in [0.3, 0.4) is 0 Å². The molecule has 5 rings (SSSR count). The molecule has 1 aromatic heterocycles. The van der Waals surface area contributed by atoms with Gasteiger partial charge in [0.2, 0.25) is 0 Å². The molecule has 0 saturated heterocycles. The van der Waals surface area contributed by atoms with Crippen molar-refractivity contribution in [1.82, 2.24) is 9.55 Å². The molecule has 0 N–H and O–H groups in total. The molecule has 184 valence electrons. The number of ether oxygens (including phenoxy) is 1. The molecule has 0 aliphatic heterocycles. The Morgan fingerprint density at radius 2 is 1.75 bits per heavy atom. The summed E-state index contributed by atoms with van der Waals surface area (Å²) in [6, 6.07) is 13.4. The molecule has 1 heterocycles. The molecule has 0 amide bonds. The summed E-state index contributed by atoms with van der Waals surface area (Å²) in [6.07, 6.45) is 5.60. The molecule has 3 aromatic carbocycles. The van der Waals surface area contributed by atoms with Gasteiger partial charge in [0.1, 0.15) is 24.0 Å². The van der Waals surface area contributed by atoms with Crippen LogP contribution in [0.5, 0.6) is 5.75 Å². The molecule has 8 heteroatoms. The second-order valence-electron chi connectivity index (χ2n) is 9.15. The van der Waals surface area contributed by atoms with Crippen molar-refractivity contribution in [3.05, 3.63) is 82.1 Å². The Bertz CT molecular complexity index is 1470. The lowest BCUT2D eigenvalue weighted by atomic mass is 9.89. The normalized spacial score (nSPS) is 14.2. The average Bonchev–Trinajstić information content (AvgIpc) is 3.20. The van der Waals surface area contributed by atoms with Crippen LogP contribution in [-0.4, -0.2) is 9.55 Å². The second-order valence-corrected chi connectivity index (χ2v) is 9.59. The van der Waals surface area contributed by atoms with Crippen LogP contribution in [0.25, 0.3) is 22.4 Å². The highest BCUT2D eigenvalue weighted by molar-refractivity contribution is 6.30. The monoisotopic (exact) mass is 509 g/mol. The average molecular weight is 510 g/mol. The fourth-order valence-electron chi connectivity index (χ4n) is 4.83. The van der Waals surface area contributed by atoms with Crippen LogP contribution in [-0.2, 0) is 13.2 Å². The maximum absolute atomic E-state index is 14.4. The van der Waals surface area contributed by atoms with E-state index in [1.165, 1.54) is 24.6 Å². The van der Waals surface area contributed by atoms with E-state index in [1.807, 2.05) is 10.6 Å². The first-order chi connectivity index (χ1) is 17.4. The highest BCUT2D eigenvalue weighted by Gasteiger charge is 2.23. The van der Waals surface area contributed by atoms with Crippen LogP contribution in [0.2, 0.25) is 5.02 Å². The van der Waals surface area contributed by atoms with E-state index in [2.05, 4.69) is 4.98 Å². The van der Waals surface area contributed by atoms with E-state index in [0.717, 1.165) is 37.8 Å². The highest BCUT2D eigenvalue weighted by atomic mass is 35.5. The predicted molar refractivity (Wildman–Crippen MR) is 132 cm³/mol. The Balaban J connectivity index is 1.56. The van der Waals surface area contributed by atoms with Gasteiger partial charge < -0.3 is 9.30 Å². The molecule has 1 aliphatic rings. The summed E-state index contributed by atoms with van der Waals surface area (Å²) in [5, 5.41) is 9.39. The van der Waals surface area contributed by atoms with E-state index < -0.39 is 17.5 Å². The minimum absolute atomic E-state index is 0.100. The fourth-order valence-corrected chi connectivity index (χ4v) is 4.99. The van der Waals surface area contributed by atoms with E-state index in [1.54, 1.807) is 18.2 Å². The van der Waals surface area contributed by atoms with E-state index >= 15 is 0 Å². The first-order valence-corrected chi connectivity index (χ1v) is 12.3. The summed E-state index contributed by atoms with van der Waals surface area (Å²) in [7, 11) is 0. The Kier molecular flexibility index (Phi) is 6.88. The largest absolute Gasteiger partial charge is 0.488 e. The molecule has 0 atom stereocenters. The Morgan fingerprint density at radius 3 is 2.50 bits per heavy atom. The van der Waals surface area contributed by atoms with Crippen molar-refractivity contribution >= 4 is 22.6 Å². The molecule has 1 saturated carbocycles.